The number of fused-ring (bicyclic) bond motifs is 1. The van der Waals surface area contributed by atoms with Gasteiger partial charge in [0.15, 0.2) is 5.65 Å². The largest absolute Gasteiger partial charge is 0.325 e. The molecule has 0 radical (unpaired) electrons. The van der Waals surface area contributed by atoms with Crippen LogP contribution in [0.2, 0.25) is 0 Å². The summed E-state index contributed by atoms with van der Waals surface area (Å²) in [6.07, 6.45) is 3.57. The van der Waals surface area contributed by atoms with E-state index in [9.17, 15) is 14.0 Å². The topological polar surface area (TPSA) is 81.8 Å². The normalized spacial score (nSPS) is 11.0. The average Bonchev–Trinajstić information content (AvgIpc) is 3.15. The molecule has 0 atom stereocenters. The maximum atomic E-state index is 13.1. The first kappa shape index (κ1) is 18.5. The van der Waals surface area contributed by atoms with Crippen LogP contribution in [0.15, 0.2) is 65.8 Å². The number of amides is 1. The summed E-state index contributed by atoms with van der Waals surface area (Å²) in [5, 5.41) is 7.25. The lowest BCUT2D eigenvalue weighted by Gasteiger charge is -2.08. The van der Waals surface area contributed by atoms with Crippen molar-refractivity contribution in [3.63, 3.8) is 0 Å². The highest BCUT2D eigenvalue weighted by molar-refractivity contribution is 5.90. The van der Waals surface area contributed by atoms with Crippen LogP contribution in [0.3, 0.4) is 0 Å². The number of nitrogens with zero attached hydrogens (tertiary/aromatic N) is 4. The number of hydrogen-bond donors (Lipinski definition) is 1. The van der Waals surface area contributed by atoms with E-state index in [2.05, 4.69) is 15.4 Å². The maximum absolute atomic E-state index is 13.1. The van der Waals surface area contributed by atoms with Crippen molar-refractivity contribution in [2.45, 2.75) is 19.9 Å². The van der Waals surface area contributed by atoms with E-state index in [1.165, 1.54) is 33.9 Å². The second-order valence-corrected chi connectivity index (χ2v) is 6.55. The van der Waals surface area contributed by atoms with Gasteiger partial charge >= 0.3 is 0 Å². The molecule has 0 fully saturated rings. The summed E-state index contributed by atoms with van der Waals surface area (Å²) in [4.78, 5) is 29.4. The SMILES string of the molecule is CCc1cccc(NC(=O)Cn2cnc3c(cnn3-c3ccc(F)cc3)c2=O)c1. The maximum Gasteiger partial charge on any atom is 0.264 e. The van der Waals surface area contributed by atoms with Gasteiger partial charge in [-0.05, 0) is 48.4 Å². The number of halogens is 1. The van der Waals surface area contributed by atoms with Crippen LogP contribution in [0.25, 0.3) is 16.7 Å². The minimum absolute atomic E-state index is 0.167. The number of nitrogens with one attached hydrogen (secondary N) is 1. The molecule has 8 heteroatoms. The summed E-state index contributed by atoms with van der Waals surface area (Å²) in [6, 6.07) is 13.3. The van der Waals surface area contributed by atoms with Crippen molar-refractivity contribution < 1.29 is 9.18 Å². The van der Waals surface area contributed by atoms with Gasteiger partial charge in [0.25, 0.3) is 5.56 Å². The number of carbonyl (C=O) groups excluding carboxylic acids is 1. The molecule has 0 aliphatic heterocycles. The van der Waals surface area contributed by atoms with Crippen molar-refractivity contribution in [1.82, 2.24) is 19.3 Å². The molecule has 146 valence electrons. The molecule has 0 unspecified atom stereocenters. The molecular formula is C21H18FN5O2. The second-order valence-electron chi connectivity index (χ2n) is 6.55. The fourth-order valence-corrected chi connectivity index (χ4v) is 3.06. The number of anilines is 1. The summed E-state index contributed by atoms with van der Waals surface area (Å²) in [5.74, 6) is -0.691. The highest BCUT2D eigenvalue weighted by Crippen LogP contribution is 2.14. The van der Waals surface area contributed by atoms with E-state index >= 15 is 0 Å². The van der Waals surface area contributed by atoms with Gasteiger partial charge in [-0.1, -0.05) is 19.1 Å². The number of rotatable bonds is 5. The summed E-state index contributed by atoms with van der Waals surface area (Å²) >= 11 is 0. The van der Waals surface area contributed by atoms with Crippen LogP contribution in [0.5, 0.6) is 0 Å². The smallest absolute Gasteiger partial charge is 0.264 e. The Morgan fingerprint density at radius 3 is 2.72 bits per heavy atom. The Kier molecular flexibility index (Phi) is 4.90. The molecule has 29 heavy (non-hydrogen) atoms. The molecule has 4 rings (SSSR count). The van der Waals surface area contributed by atoms with E-state index in [1.54, 1.807) is 18.2 Å². The quantitative estimate of drug-likeness (QED) is 0.567. The minimum Gasteiger partial charge on any atom is -0.325 e. The Bertz CT molecular complexity index is 1240. The van der Waals surface area contributed by atoms with E-state index in [4.69, 9.17) is 0 Å². The molecule has 1 amide bonds. The predicted molar refractivity (Wildman–Crippen MR) is 108 cm³/mol. The summed E-state index contributed by atoms with van der Waals surface area (Å²) in [6.45, 7) is 1.87. The van der Waals surface area contributed by atoms with E-state index in [1.807, 2.05) is 25.1 Å². The molecule has 0 bridgehead atoms. The Morgan fingerprint density at radius 1 is 1.17 bits per heavy atom. The molecule has 2 heterocycles. The zero-order chi connectivity index (χ0) is 20.4. The lowest BCUT2D eigenvalue weighted by atomic mass is 10.1. The van der Waals surface area contributed by atoms with E-state index in [-0.39, 0.29) is 29.2 Å². The van der Waals surface area contributed by atoms with Crippen molar-refractivity contribution in [2.24, 2.45) is 0 Å². The molecule has 4 aromatic rings. The number of carbonyl (C=O) groups is 1. The van der Waals surface area contributed by atoms with Gasteiger partial charge in [0, 0.05) is 5.69 Å². The van der Waals surface area contributed by atoms with Crippen LogP contribution in [0.4, 0.5) is 10.1 Å². The Hall–Kier alpha value is -3.81. The first-order valence-electron chi connectivity index (χ1n) is 9.13. The van der Waals surface area contributed by atoms with Crippen LogP contribution in [-0.2, 0) is 17.8 Å². The second kappa shape index (κ2) is 7.67. The Labute approximate surface area is 165 Å². The van der Waals surface area contributed by atoms with E-state index in [0.717, 1.165) is 12.0 Å². The minimum atomic E-state index is -0.374. The highest BCUT2D eigenvalue weighted by atomic mass is 19.1. The van der Waals surface area contributed by atoms with Crippen molar-refractivity contribution in [3.05, 3.63) is 82.8 Å². The fourth-order valence-electron chi connectivity index (χ4n) is 3.06. The number of benzene rings is 2. The van der Waals surface area contributed by atoms with Gasteiger partial charge in [-0.2, -0.15) is 5.10 Å². The van der Waals surface area contributed by atoms with Crippen molar-refractivity contribution >= 4 is 22.6 Å². The molecule has 1 N–H and O–H groups in total. The van der Waals surface area contributed by atoms with Crippen LogP contribution in [0.1, 0.15) is 12.5 Å². The Balaban J connectivity index is 1.58. The molecule has 2 aromatic carbocycles. The van der Waals surface area contributed by atoms with Crippen molar-refractivity contribution in [2.75, 3.05) is 5.32 Å². The van der Waals surface area contributed by atoms with Crippen LogP contribution in [0, 0.1) is 5.82 Å². The average molecular weight is 391 g/mol. The molecule has 0 aliphatic rings. The zero-order valence-corrected chi connectivity index (χ0v) is 15.7. The van der Waals surface area contributed by atoms with E-state index < -0.39 is 0 Å². The van der Waals surface area contributed by atoms with Gasteiger partial charge in [-0.15, -0.1) is 0 Å². The van der Waals surface area contributed by atoms with Gasteiger partial charge < -0.3 is 5.32 Å². The fraction of sp³-hybridized carbons (Fsp3) is 0.143. The molecule has 0 saturated carbocycles. The predicted octanol–water partition coefficient (Wildman–Crippen LogP) is 2.92. The third-order valence-corrected chi connectivity index (χ3v) is 4.56. The van der Waals surface area contributed by atoms with Gasteiger partial charge in [0.1, 0.15) is 24.1 Å². The Morgan fingerprint density at radius 2 is 1.97 bits per heavy atom. The molecule has 2 aromatic heterocycles. The molecule has 0 saturated heterocycles. The van der Waals surface area contributed by atoms with Gasteiger partial charge in [0.05, 0.1) is 11.9 Å². The van der Waals surface area contributed by atoms with Crippen molar-refractivity contribution in [3.8, 4) is 5.69 Å². The monoisotopic (exact) mass is 391 g/mol. The molecule has 0 spiro atoms. The van der Waals surface area contributed by atoms with Crippen LogP contribution in [-0.4, -0.2) is 25.2 Å². The highest BCUT2D eigenvalue weighted by Gasteiger charge is 2.13. The van der Waals surface area contributed by atoms with Crippen LogP contribution < -0.4 is 10.9 Å². The summed E-state index contributed by atoms with van der Waals surface area (Å²) < 4.78 is 15.8. The summed E-state index contributed by atoms with van der Waals surface area (Å²) in [7, 11) is 0. The number of aryl methyl sites for hydroxylation is 1. The molecular weight excluding hydrogens is 373 g/mol. The van der Waals surface area contributed by atoms with Gasteiger partial charge in [-0.3, -0.25) is 14.2 Å². The van der Waals surface area contributed by atoms with Crippen molar-refractivity contribution in [1.29, 1.82) is 0 Å². The van der Waals surface area contributed by atoms with Gasteiger partial charge in [-0.25, -0.2) is 14.1 Å². The third kappa shape index (κ3) is 3.77. The van der Waals surface area contributed by atoms with Gasteiger partial charge in [0.2, 0.25) is 5.91 Å². The third-order valence-electron chi connectivity index (χ3n) is 4.56. The van der Waals surface area contributed by atoms with E-state index in [0.29, 0.717) is 17.0 Å². The number of hydrogen-bond acceptors (Lipinski definition) is 4. The standard InChI is InChI=1S/C21H18FN5O2/c1-2-14-4-3-5-16(10-14)25-19(28)12-26-13-23-20-18(21(26)29)11-24-27(20)17-8-6-15(22)7-9-17/h3-11,13H,2,12H2,1H3,(H,25,28). The van der Waals surface area contributed by atoms with Crippen LogP contribution >= 0.6 is 0 Å². The molecule has 7 nitrogen and oxygen atoms in total. The number of aromatic nitrogens is 4. The lowest BCUT2D eigenvalue weighted by molar-refractivity contribution is -0.116. The first-order chi connectivity index (χ1) is 14.0. The molecule has 0 aliphatic carbocycles. The zero-order valence-electron chi connectivity index (χ0n) is 15.7. The summed E-state index contributed by atoms with van der Waals surface area (Å²) in [5.41, 5.74) is 2.34. The first-order valence-corrected chi connectivity index (χ1v) is 9.13. The lowest BCUT2D eigenvalue weighted by Crippen LogP contribution is -2.27.